The zero-order chi connectivity index (χ0) is 12.1. The molecule has 6 heteroatoms. The molecule has 0 unspecified atom stereocenters. The van der Waals surface area contributed by atoms with E-state index in [0.717, 1.165) is 16.0 Å². The number of nitrogens with zero attached hydrogens (tertiary/aromatic N) is 3. The summed E-state index contributed by atoms with van der Waals surface area (Å²) in [6.07, 6.45) is 3.48. The van der Waals surface area contributed by atoms with Crippen molar-refractivity contribution in [3.8, 4) is 0 Å². The van der Waals surface area contributed by atoms with Crippen LogP contribution in [0.4, 0.5) is 11.8 Å². The van der Waals surface area contributed by atoms with Crippen molar-refractivity contribution in [1.29, 1.82) is 0 Å². The van der Waals surface area contributed by atoms with Gasteiger partial charge in [0.15, 0.2) is 0 Å². The lowest BCUT2D eigenvalue weighted by Crippen LogP contribution is -2.06. The Morgan fingerprint density at radius 1 is 1.29 bits per heavy atom. The van der Waals surface area contributed by atoms with Gasteiger partial charge in [-0.1, -0.05) is 6.07 Å². The summed E-state index contributed by atoms with van der Waals surface area (Å²) in [5.41, 5.74) is 0.962. The topological polar surface area (TPSA) is 62.7 Å². The molecule has 5 nitrogen and oxygen atoms in total. The Labute approximate surface area is 108 Å². The van der Waals surface area contributed by atoms with Crippen LogP contribution < -0.4 is 10.6 Å². The zero-order valence-corrected chi connectivity index (χ0v) is 10.9. The van der Waals surface area contributed by atoms with Gasteiger partial charge in [-0.3, -0.25) is 4.98 Å². The summed E-state index contributed by atoms with van der Waals surface area (Å²) in [5.74, 6) is 1.33. The van der Waals surface area contributed by atoms with Crippen molar-refractivity contribution < 1.29 is 0 Å². The minimum Gasteiger partial charge on any atom is -0.363 e. The van der Waals surface area contributed by atoms with E-state index in [1.54, 1.807) is 19.4 Å². The molecule has 0 aliphatic heterocycles. The van der Waals surface area contributed by atoms with Crippen molar-refractivity contribution in [2.45, 2.75) is 6.54 Å². The van der Waals surface area contributed by atoms with Gasteiger partial charge < -0.3 is 10.6 Å². The van der Waals surface area contributed by atoms with Gasteiger partial charge in [-0.25, -0.2) is 4.98 Å². The molecule has 0 aliphatic carbocycles. The Balaban J connectivity index is 2.08. The lowest BCUT2D eigenvalue weighted by atomic mass is 10.3. The third kappa shape index (κ3) is 3.13. The summed E-state index contributed by atoms with van der Waals surface area (Å²) in [4.78, 5) is 12.6. The summed E-state index contributed by atoms with van der Waals surface area (Å²) < 4.78 is 0.826. The van der Waals surface area contributed by atoms with Gasteiger partial charge in [-0.05, 0) is 28.1 Å². The van der Waals surface area contributed by atoms with Gasteiger partial charge in [0, 0.05) is 19.4 Å². The predicted molar refractivity (Wildman–Crippen MR) is 70.8 cm³/mol. The summed E-state index contributed by atoms with van der Waals surface area (Å²) >= 11 is 3.40. The number of hydrogen-bond donors (Lipinski definition) is 2. The van der Waals surface area contributed by atoms with Gasteiger partial charge in [0.2, 0.25) is 5.95 Å². The average molecular weight is 294 g/mol. The van der Waals surface area contributed by atoms with Crippen LogP contribution in [0.15, 0.2) is 35.1 Å². The van der Waals surface area contributed by atoms with Crippen LogP contribution in [0.3, 0.4) is 0 Å². The third-order valence-corrected chi connectivity index (χ3v) is 2.71. The fraction of sp³-hybridized carbons (Fsp3) is 0.182. The van der Waals surface area contributed by atoms with E-state index in [1.165, 1.54) is 0 Å². The summed E-state index contributed by atoms with van der Waals surface area (Å²) in [6, 6.07) is 5.81. The minimum absolute atomic E-state index is 0.580. The molecule has 2 aromatic rings. The molecular weight excluding hydrogens is 282 g/mol. The zero-order valence-electron chi connectivity index (χ0n) is 9.31. The van der Waals surface area contributed by atoms with Crippen molar-refractivity contribution in [2.24, 2.45) is 0 Å². The van der Waals surface area contributed by atoms with Crippen molar-refractivity contribution >= 4 is 27.7 Å². The summed E-state index contributed by atoms with van der Waals surface area (Å²) in [6.45, 7) is 0.625. The van der Waals surface area contributed by atoms with Crippen molar-refractivity contribution in [3.63, 3.8) is 0 Å². The Kier molecular flexibility index (Phi) is 3.87. The lowest BCUT2D eigenvalue weighted by molar-refractivity contribution is 1.02. The molecule has 0 amide bonds. The molecule has 0 radical (unpaired) electrons. The number of pyridine rings is 1. The number of hydrogen-bond acceptors (Lipinski definition) is 5. The van der Waals surface area contributed by atoms with E-state index in [9.17, 15) is 0 Å². The highest BCUT2D eigenvalue weighted by Gasteiger charge is 2.03. The number of anilines is 2. The first-order valence-corrected chi connectivity index (χ1v) is 5.93. The highest BCUT2D eigenvalue weighted by molar-refractivity contribution is 9.10. The Hall–Kier alpha value is -1.69. The molecule has 0 saturated carbocycles. The second-order valence-electron chi connectivity index (χ2n) is 3.31. The second kappa shape index (κ2) is 5.58. The van der Waals surface area contributed by atoms with Crippen LogP contribution >= 0.6 is 15.9 Å². The van der Waals surface area contributed by atoms with E-state index in [4.69, 9.17) is 0 Å². The van der Waals surface area contributed by atoms with E-state index in [1.807, 2.05) is 18.2 Å². The fourth-order valence-corrected chi connectivity index (χ4v) is 1.62. The molecular formula is C11H12BrN5. The van der Waals surface area contributed by atoms with Crippen LogP contribution in [-0.4, -0.2) is 22.0 Å². The normalized spacial score (nSPS) is 10.0. The van der Waals surface area contributed by atoms with Crippen molar-refractivity contribution in [2.75, 3.05) is 17.7 Å². The number of nitrogens with one attached hydrogen (secondary N) is 2. The van der Waals surface area contributed by atoms with E-state index in [-0.39, 0.29) is 0 Å². The Morgan fingerprint density at radius 2 is 2.18 bits per heavy atom. The average Bonchev–Trinajstić information content (AvgIpc) is 2.39. The highest BCUT2D eigenvalue weighted by Crippen LogP contribution is 2.20. The van der Waals surface area contributed by atoms with E-state index >= 15 is 0 Å². The van der Waals surface area contributed by atoms with Crippen LogP contribution in [0.25, 0.3) is 0 Å². The third-order valence-electron chi connectivity index (χ3n) is 2.13. The number of rotatable bonds is 4. The van der Waals surface area contributed by atoms with Crippen molar-refractivity contribution in [3.05, 3.63) is 40.8 Å². The van der Waals surface area contributed by atoms with Gasteiger partial charge >= 0.3 is 0 Å². The van der Waals surface area contributed by atoms with Crippen LogP contribution in [0.5, 0.6) is 0 Å². The molecule has 0 aromatic carbocycles. The predicted octanol–water partition coefficient (Wildman–Crippen LogP) is 2.29. The summed E-state index contributed by atoms with van der Waals surface area (Å²) in [7, 11) is 1.78. The SMILES string of the molecule is CNc1ncc(Br)c(NCc2ccccn2)n1. The van der Waals surface area contributed by atoms with E-state index in [0.29, 0.717) is 12.5 Å². The van der Waals surface area contributed by atoms with Crippen molar-refractivity contribution in [1.82, 2.24) is 15.0 Å². The Bertz CT molecular complexity index is 488. The first kappa shape index (κ1) is 11.8. The van der Waals surface area contributed by atoms with Gasteiger partial charge in [0.1, 0.15) is 5.82 Å². The van der Waals surface area contributed by atoms with Gasteiger partial charge in [0.25, 0.3) is 0 Å². The monoisotopic (exact) mass is 293 g/mol. The first-order chi connectivity index (χ1) is 8.29. The molecule has 2 heterocycles. The first-order valence-electron chi connectivity index (χ1n) is 5.13. The molecule has 17 heavy (non-hydrogen) atoms. The van der Waals surface area contributed by atoms with Gasteiger partial charge in [-0.2, -0.15) is 4.98 Å². The number of halogens is 1. The van der Waals surface area contributed by atoms with Crippen LogP contribution in [0.2, 0.25) is 0 Å². The van der Waals surface area contributed by atoms with Crippen LogP contribution in [0, 0.1) is 0 Å². The van der Waals surface area contributed by atoms with Crippen LogP contribution in [-0.2, 0) is 6.54 Å². The maximum absolute atomic E-state index is 4.30. The summed E-state index contributed by atoms with van der Waals surface area (Å²) in [5, 5.41) is 6.10. The molecule has 2 rings (SSSR count). The largest absolute Gasteiger partial charge is 0.363 e. The smallest absolute Gasteiger partial charge is 0.224 e. The maximum atomic E-state index is 4.30. The molecule has 0 fully saturated rings. The molecule has 0 bridgehead atoms. The number of aromatic nitrogens is 3. The molecule has 0 atom stereocenters. The standard InChI is InChI=1S/C11H12BrN5/c1-13-11-16-7-9(12)10(17-11)15-6-8-4-2-3-5-14-8/h2-5,7H,6H2,1H3,(H2,13,15,16,17). The van der Waals surface area contributed by atoms with Gasteiger partial charge in [-0.15, -0.1) is 0 Å². The van der Waals surface area contributed by atoms with E-state index < -0.39 is 0 Å². The fourth-order valence-electron chi connectivity index (χ4n) is 1.29. The molecule has 2 aromatic heterocycles. The molecule has 0 aliphatic rings. The molecule has 0 saturated heterocycles. The minimum atomic E-state index is 0.580. The van der Waals surface area contributed by atoms with Crippen LogP contribution in [0.1, 0.15) is 5.69 Å². The maximum Gasteiger partial charge on any atom is 0.224 e. The Morgan fingerprint density at radius 3 is 2.88 bits per heavy atom. The lowest BCUT2D eigenvalue weighted by Gasteiger charge is -2.08. The highest BCUT2D eigenvalue weighted by atomic mass is 79.9. The molecule has 0 spiro atoms. The molecule has 88 valence electrons. The quantitative estimate of drug-likeness (QED) is 0.906. The second-order valence-corrected chi connectivity index (χ2v) is 4.17. The van der Waals surface area contributed by atoms with E-state index in [2.05, 4.69) is 41.5 Å². The van der Waals surface area contributed by atoms with Gasteiger partial charge in [0.05, 0.1) is 16.7 Å². The molecule has 2 N–H and O–H groups in total.